The Labute approximate surface area is 118 Å². The van der Waals surface area contributed by atoms with Crippen LogP contribution in [-0.4, -0.2) is 22.7 Å². The largest absolute Gasteiger partial charge is 0.392 e. The maximum Gasteiger partial charge on any atom is 0.0809 e. The van der Waals surface area contributed by atoms with E-state index in [9.17, 15) is 5.11 Å². The molecule has 0 aliphatic heterocycles. The molecule has 3 nitrogen and oxygen atoms in total. The zero-order valence-electron chi connectivity index (χ0n) is 11.8. The summed E-state index contributed by atoms with van der Waals surface area (Å²) in [6, 6.07) is 4.42. The van der Waals surface area contributed by atoms with E-state index in [0.717, 1.165) is 11.9 Å². The predicted octanol–water partition coefficient (Wildman–Crippen LogP) is 3.35. The number of rotatable bonds is 6. The molecule has 2 aromatic rings. The normalized spacial score (nSPS) is 16.4. The lowest BCUT2D eigenvalue weighted by Gasteiger charge is -2.21. The van der Waals surface area contributed by atoms with E-state index < -0.39 is 0 Å². The number of aliphatic hydroxyl groups is 1. The Kier molecular flexibility index (Phi) is 4.91. The van der Waals surface area contributed by atoms with E-state index in [1.807, 2.05) is 12.3 Å². The summed E-state index contributed by atoms with van der Waals surface area (Å²) in [4.78, 5) is 4.45. The van der Waals surface area contributed by atoms with Gasteiger partial charge in [-0.05, 0) is 35.9 Å². The number of fused-ring (bicyclic) bond motifs is 1. The molecule has 104 valence electrons. The van der Waals surface area contributed by atoms with Gasteiger partial charge in [0, 0.05) is 18.8 Å². The topological polar surface area (TPSA) is 45.1 Å². The first kappa shape index (κ1) is 14.4. The summed E-state index contributed by atoms with van der Waals surface area (Å²) in [7, 11) is 0. The molecule has 0 amide bonds. The molecule has 0 spiro atoms. The van der Waals surface area contributed by atoms with Gasteiger partial charge in [-0.1, -0.05) is 20.3 Å². The van der Waals surface area contributed by atoms with Crippen LogP contribution in [0, 0.1) is 5.92 Å². The first-order valence-corrected chi connectivity index (χ1v) is 7.74. The van der Waals surface area contributed by atoms with E-state index in [4.69, 9.17) is 0 Å². The number of thiophene rings is 1. The second-order valence-corrected chi connectivity index (χ2v) is 6.10. The van der Waals surface area contributed by atoms with Gasteiger partial charge in [0.05, 0.1) is 16.3 Å². The van der Waals surface area contributed by atoms with Gasteiger partial charge in [0.1, 0.15) is 0 Å². The third-order valence-corrected chi connectivity index (χ3v) is 4.61. The lowest BCUT2D eigenvalue weighted by molar-refractivity contribution is 0.110. The zero-order valence-corrected chi connectivity index (χ0v) is 12.6. The van der Waals surface area contributed by atoms with Gasteiger partial charge in [0.25, 0.3) is 0 Å². The molecule has 4 heteroatoms. The maximum atomic E-state index is 9.98. The molecule has 2 heterocycles. The summed E-state index contributed by atoms with van der Waals surface area (Å²) in [5, 5.41) is 15.4. The van der Waals surface area contributed by atoms with Crippen molar-refractivity contribution < 1.29 is 5.11 Å². The zero-order chi connectivity index (χ0) is 13.8. The first-order valence-electron chi connectivity index (χ1n) is 6.86. The highest BCUT2D eigenvalue weighted by Crippen LogP contribution is 2.22. The average molecular weight is 278 g/mol. The standard InChI is InChI=1S/C15H22N2OS/c1-4-10(2)14(18)9-16-11(3)12-7-15-13(17-8-12)5-6-19-15/h5-8,10-11,14,16,18H,4,9H2,1-3H3. The number of aromatic nitrogens is 1. The van der Waals surface area contributed by atoms with E-state index >= 15 is 0 Å². The van der Waals surface area contributed by atoms with Crippen LogP contribution in [0.3, 0.4) is 0 Å². The molecule has 3 atom stereocenters. The lowest BCUT2D eigenvalue weighted by Crippen LogP contribution is -2.33. The number of pyridine rings is 1. The van der Waals surface area contributed by atoms with Crippen molar-refractivity contribution in [1.29, 1.82) is 0 Å². The Balaban J connectivity index is 1.97. The van der Waals surface area contributed by atoms with Crippen molar-refractivity contribution in [2.45, 2.75) is 39.3 Å². The second-order valence-electron chi connectivity index (χ2n) is 5.16. The Bertz CT molecular complexity index is 526. The van der Waals surface area contributed by atoms with Crippen LogP contribution in [0.5, 0.6) is 0 Å². The third kappa shape index (κ3) is 3.53. The summed E-state index contributed by atoms with van der Waals surface area (Å²) in [6.45, 7) is 6.92. The van der Waals surface area contributed by atoms with Crippen LogP contribution in [0.2, 0.25) is 0 Å². The SMILES string of the molecule is CCC(C)C(O)CNC(C)c1cnc2ccsc2c1. The van der Waals surface area contributed by atoms with E-state index in [0.29, 0.717) is 12.5 Å². The molecule has 3 unspecified atom stereocenters. The maximum absolute atomic E-state index is 9.98. The molecule has 2 N–H and O–H groups in total. The fourth-order valence-corrected chi connectivity index (χ4v) is 2.78. The second kappa shape index (κ2) is 6.46. The summed E-state index contributed by atoms with van der Waals surface area (Å²) < 4.78 is 1.22. The highest BCUT2D eigenvalue weighted by molar-refractivity contribution is 7.17. The highest BCUT2D eigenvalue weighted by Gasteiger charge is 2.14. The Hall–Kier alpha value is -0.970. The van der Waals surface area contributed by atoms with Crippen molar-refractivity contribution in [2.75, 3.05) is 6.54 Å². The smallest absolute Gasteiger partial charge is 0.0809 e. The molecule has 0 fully saturated rings. The van der Waals surface area contributed by atoms with Crippen LogP contribution in [-0.2, 0) is 0 Å². The van der Waals surface area contributed by atoms with Crippen LogP contribution < -0.4 is 5.32 Å². The van der Waals surface area contributed by atoms with E-state index in [-0.39, 0.29) is 12.1 Å². The average Bonchev–Trinajstić information content (AvgIpc) is 2.90. The van der Waals surface area contributed by atoms with Crippen LogP contribution in [0.4, 0.5) is 0 Å². The molecule has 0 radical (unpaired) electrons. The van der Waals surface area contributed by atoms with Crippen molar-refractivity contribution in [3.05, 3.63) is 29.3 Å². The molecular weight excluding hydrogens is 256 g/mol. The number of nitrogens with zero attached hydrogens (tertiary/aromatic N) is 1. The van der Waals surface area contributed by atoms with Gasteiger partial charge in [0.15, 0.2) is 0 Å². The summed E-state index contributed by atoms with van der Waals surface area (Å²) in [5.74, 6) is 0.331. The minimum Gasteiger partial charge on any atom is -0.392 e. The highest BCUT2D eigenvalue weighted by atomic mass is 32.1. The third-order valence-electron chi connectivity index (χ3n) is 3.76. The summed E-state index contributed by atoms with van der Waals surface area (Å²) >= 11 is 1.71. The fraction of sp³-hybridized carbons (Fsp3) is 0.533. The fourth-order valence-electron chi connectivity index (χ4n) is 1.99. The molecule has 0 saturated carbocycles. The Morgan fingerprint density at radius 1 is 1.42 bits per heavy atom. The van der Waals surface area contributed by atoms with Crippen molar-refractivity contribution in [2.24, 2.45) is 5.92 Å². The number of hydrogen-bond donors (Lipinski definition) is 2. The van der Waals surface area contributed by atoms with E-state index in [2.05, 4.69) is 42.5 Å². The lowest BCUT2D eigenvalue weighted by atomic mass is 10.0. The Morgan fingerprint density at radius 3 is 2.95 bits per heavy atom. The number of hydrogen-bond acceptors (Lipinski definition) is 4. The van der Waals surface area contributed by atoms with Crippen LogP contribution in [0.1, 0.15) is 38.8 Å². The molecule has 19 heavy (non-hydrogen) atoms. The molecular formula is C15H22N2OS. The minimum atomic E-state index is -0.286. The summed E-state index contributed by atoms with van der Waals surface area (Å²) in [5.41, 5.74) is 2.23. The van der Waals surface area contributed by atoms with Gasteiger partial charge < -0.3 is 10.4 Å². The molecule has 2 rings (SSSR count). The molecule has 0 bridgehead atoms. The van der Waals surface area contributed by atoms with Crippen molar-refractivity contribution in [3.8, 4) is 0 Å². The molecule has 0 aliphatic carbocycles. The Morgan fingerprint density at radius 2 is 2.21 bits per heavy atom. The van der Waals surface area contributed by atoms with Crippen molar-refractivity contribution in [1.82, 2.24) is 10.3 Å². The van der Waals surface area contributed by atoms with E-state index in [1.54, 1.807) is 11.3 Å². The quantitative estimate of drug-likeness (QED) is 0.851. The number of nitrogens with one attached hydrogen (secondary N) is 1. The van der Waals surface area contributed by atoms with Crippen LogP contribution >= 0.6 is 11.3 Å². The van der Waals surface area contributed by atoms with Crippen molar-refractivity contribution in [3.63, 3.8) is 0 Å². The van der Waals surface area contributed by atoms with Crippen molar-refractivity contribution >= 4 is 21.6 Å². The number of aliphatic hydroxyl groups excluding tert-OH is 1. The summed E-state index contributed by atoms with van der Waals surface area (Å²) in [6.07, 6.45) is 2.63. The predicted molar refractivity (Wildman–Crippen MR) is 81.5 cm³/mol. The van der Waals surface area contributed by atoms with Crippen LogP contribution in [0.15, 0.2) is 23.7 Å². The van der Waals surface area contributed by atoms with Gasteiger partial charge in [-0.25, -0.2) is 0 Å². The van der Waals surface area contributed by atoms with Gasteiger partial charge in [-0.2, -0.15) is 0 Å². The molecule has 2 aromatic heterocycles. The van der Waals surface area contributed by atoms with Gasteiger partial charge >= 0.3 is 0 Å². The van der Waals surface area contributed by atoms with Gasteiger partial charge in [-0.15, -0.1) is 11.3 Å². The molecule has 0 aromatic carbocycles. The first-order chi connectivity index (χ1) is 9.11. The molecule has 0 aliphatic rings. The minimum absolute atomic E-state index is 0.206. The van der Waals surface area contributed by atoms with Gasteiger partial charge in [0.2, 0.25) is 0 Å². The monoisotopic (exact) mass is 278 g/mol. The van der Waals surface area contributed by atoms with E-state index in [1.165, 1.54) is 10.3 Å². The van der Waals surface area contributed by atoms with Gasteiger partial charge in [-0.3, -0.25) is 4.98 Å². The van der Waals surface area contributed by atoms with Crippen LogP contribution in [0.25, 0.3) is 10.2 Å². The molecule has 0 saturated heterocycles.